The highest BCUT2D eigenvalue weighted by Crippen LogP contribution is 2.33. The predicted octanol–water partition coefficient (Wildman–Crippen LogP) is 4.16. The van der Waals surface area contributed by atoms with E-state index in [1.807, 2.05) is 18.2 Å². The third-order valence-electron chi connectivity index (χ3n) is 3.36. The molecule has 3 heteroatoms. The van der Waals surface area contributed by atoms with Crippen molar-refractivity contribution < 1.29 is 10.1 Å². The van der Waals surface area contributed by atoms with Gasteiger partial charge >= 0.3 is 0 Å². The van der Waals surface area contributed by atoms with Crippen LogP contribution in [0.5, 0.6) is 5.75 Å². The SMILES string of the molecule is CC(C)(C)[NH2+]CCCCOc1ccc(Cl)cc1C(C)(C)C. The highest BCUT2D eigenvalue weighted by molar-refractivity contribution is 6.30. The zero-order valence-electron chi connectivity index (χ0n) is 14.4. The van der Waals surface area contributed by atoms with Crippen molar-refractivity contribution in [3.63, 3.8) is 0 Å². The molecule has 1 rings (SSSR count). The van der Waals surface area contributed by atoms with Crippen molar-refractivity contribution in [1.82, 2.24) is 0 Å². The Morgan fingerprint density at radius 1 is 1.05 bits per heavy atom. The van der Waals surface area contributed by atoms with Crippen LogP contribution in [0.1, 0.15) is 59.9 Å². The van der Waals surface area contributed by atoms with Crippen LogP contribution in [0, 0.1) is 0 Å². The summed E-state index contributed by atoms with van der Waals surface area (Å²) in [6.07, 6.45) is 2.26. The van der Waals surface area contributed by atoms with Gasteiger partial charge in [0, 0.05) is 10.6 Å². The van der Waals surface area contributed by atoms with Gasteiger partial charge in [-0.25, -0.2) is 0 Å². The molecule has 0 radical (unpaired) electrons. The first-order valence-electron chi connectivity index (χ1n) is 7.87. The molecule has 1 aromatic carbocycles. The molecule has 0 saturated carbocycles. The zero-order chi connectivity index (χ0) is 16.1. The molecule has 21 heavy (non-hydrogen) atoms. The summed E-state index contributed by atoms with van der Waals surface area (Å²) in [7, 11) is 0. The van der Waals surface area contributed by atoms with E-state index in [0.29, 0.717) is 5.54 Å². The molecule has 2 N–H and O–H groups in total. The van der Waals surface area contributed by atoms with Crippen molar-refractivity contribution >= 4 is 11.6 Å². The van der Waals surface area contributed by atoms with Crippen LogP contribution in [0.15, 0.2) is 18.2 Å². The number of quaternary nitrogens is 1. The number of halogens is 1. The summed E-state index contributed by atoms with van der Waals surface area (Å²) in [5.74, 6) is 0.965. The first-order valence-corrected chi connectivity index (χ1v) is 8.24. The van der Waals surface area contributed by atoms with Crippen LogP contribution in [-0.2, 0) is 5.41 Å². The summed E-state index contributed by atoms with van der Waals surface area (Å²) >= 11 is 6.11. The van der Waals surface area contributed by atoms with Crippen LogP contribution in [-0.4, -0.2) is 18.7 Å². The van der Waals surface area contributed by atoms with Crippen molar-refractivity contribution in [3.8, 4) is 5.75 Å². The molecule has 0 fully saturated rings. The van der Waals surface area contributed by atoms with Gasteiger partial charge in [0.15, 0.2) is 0 Å². The van der Waals surface area contributed by atoms with Gasteiger partial charge in [-0.15, -0.1) is 0 Å². The highest BCUT2D eigenvalue weighted by Gasteiger charge is 2.19. The number of nitrogens with two attached hydrogens (primary N) is 1. The lowest BCUT2D eigenvalue weighted by atomic mass is 9.86. The molecule has 0 aromatic heterocycles. The third-order valence-corrected chi connectivity index (χ3v) is 3.60. The van der Waals surface area contributed by atoms with Crippen molar-refractivity contribution in [1.29, 1.82) is 0 Å². The molecule has 0 unspecified atom stereocenters. The summed E-state index contributed by atoms with van der Waals surface area (Å²) in [4.78, 5) is 0. The van der Waals surface area contributed by atoms with E-state index in [2.05, 4.69) is 46.9 Å². The quantitative estimate of drug-likeness (QED) is 0.784. The van der Waals surface area contributed by atoms with Gasteiger partial charge in [-0.3, -0.25) is 0 Å². The number of rotatable bonds is 6. The molecule has 0 bridgehead atoms. The molecule has 0 amide bonds. The monoisotopic (exact) mass is 312 g/mol. The normalized spacial score (nSPS) is 12.5. The van der Waals surface area contributed by atoms with Crippen molar-refractivity contribution in [2.24, 2.45) is 0 Å². The van der Waals surface area contributed by atoms with Crippen LogP contribution in [0.4, 0.5) is 0 Å². The summed E-state index contributed by atoms with van der Waals surface area (Å²) in [5.41, 5.74) is 1.53. The summed E-state index contributed by atoms with van der Waals surface area (Å²) in [6.45, 7) is 15.2. The molecule has 2 nitrogen and oxygen atoms in total. The second-order valence-corrected chi connectivity index (χ2v) is 8.24. The molecule has 0 atom stereocenters. The van der Waals surface area contributed by atoms with Gasteiger partial charge in [0.25, 0.3) is 0 Å². The van der Waals surface area contributed by atoms with Crippen LogP contribution in [0.2, 0.25) is 5.02 Å². The molecule has 0 saturated heterocycles. The Kier molecular flexibility index (Phi) is 6.55. The van der Waals surface area contributed by atoms with E-state index < -0.39 is 0 Å². The van der Waals surface area contributed by atoms with E-state index in [1.54, 1.807) is 0 Å². The average Bonchev–Trinajstić information content (AvgIpc) is 2.32. The smallest absolute Gasteiger partial charge is 0.123 e. The van der Waals surface area contributed by atoms with Gasteiger partial charge in [-0.1, -0.05) is 32.4 Å². The maximum atomic E-state index is 6.11. The first kappa shape index (κ1) is 18.3. The summed E-state index contributed by atoms with van der Waals surface area (Å²) < 4.78 is 5.98. The van der Waals surface area contributed by atoms with E-state index in [-0.39, 0.29) is 5.41 Å². The van der Waals surface area contributed by atoms with E-state index in [9.17, 15) is 0 Å². The fourth-order valence-electron chi connectivity index (χ4n) is 2.18. The average molecular weight is 313 g/mol. The number of benzene rings is 1. The van der Waals surface area contributed by atoms with Gasteiger partial charge < -0.3 is 10.1 Å². The Bertz CT molecular complexity index is 444. The maximum Gasteiger partial charge on any atom is 0.123 e. The Balaban J connectivity index is 2.46. The van der Waals surface area contributed by atoms with Crippen molar-refractivity contribution in [2.45, 2.75) is 65.3 Å². The lowest BCUT2D eigenvalue weighted by molar-refractivity contribution is -0.717. The van der Waals surface area contributed by atoms with Gasteiger partial charge in [0.2, 0.25) is 0 Å². The van der Waals surface area contributed by atoms with Gasteiger partial charge in [-0.05, 0) is 57.2 Å². The largest absolute Gasteiger partial charge is 0.493 e. The number of hydrogen-bond donors (Lipinski definition) is 1. The summed E-state index contributed by atoms with van der Waals surface area (Å²) in [6, 6.07) is 5.91. The predicted molar refractivity (Wildman–Crippen MR) is 91.4 cm³/mol. The Morgan fingerprint density at radius 2 is 1.71 bits per heavy atom. The van der Waals surface area contributed by atoms with Crippen LogP contribution < -0.4 is 10.1 Å². The molecular formula is C18H31ClNO+. The van der Waals surface area contributed by atoms with Gasteiger partial charge in [0.05, 0.1) is 18.7 Å². The fourth-order valence-corrected chi connectivity index (χ4v) is 2.35. The summed E-state index contributed by atoms with van der Waals surface area (Å²) in [5, 5.41) is 3.16. The topological polar surface area (TPSA) is 25.8 Å². The number of unbranched alkanes of at least 4 members (excludes halogenated alkanes) is 1. The minimum absolute atomic E-state index is 0.0419. The molecule has 0 heterocycles. The molecule has 1 aromatic rings. The van der Waals surface area contributed by atoms with Gasteiger partial charge in [-0.2, -0.15) is 0 Å². The minimum Gasteiger partial charge on any atom is -0.493 e. The van der Waals surface area contributed by atoms with E-state index in [0.717, 1.165) is 30.3 Å². The lowest BCUT2D eigenvalue weighted by Gasteiger charge is -2.23. The molecule has 0 aliphatic heterocycles. The third kappa shape index (κ3) is 7.19. The maximum absolute atomic E-state index is 6.11. The highest BCUT2D eigenvalue weighted by atomic mass is 35.5. The number of hydrogen-bond acceptors (Lipinski definition) is 1. The lowest BCUT2D eigenvalue weighted by Crippen LogP contribution is -2.94. The Hall–Kier alpha value is -0.730. The standard InChI is InChI=1S/C18H30ClNO/c1-17(2,3)15-13-14(19)9-10-16(15)21-12-8-7-11-20-18(4,5)6/h9-10,13,20H,7-8,11-12H2,1-6H3/p+1. The van der Waals surface area contributed by atoms with Crippen LogP contribution >= 0.6 is 11.6 Å². The second-order valence-electron chi connectivity index (χ2n) is 7.80. The van der Waals surface area contributed by atoms with Crippen LogP contribution in [0.25, 0.3) is 0 Å². The first-order chi connectivity index (χ1) is 9.59. The molecule has 0 aliphatic carbocycles. The fraction of sp³-hybridized carbons (Fsp3) is 0.667. The Morgan fingerprint density at radius 3 is 2.29 bits per heavy atom. The van der Waals surface area contributed by atoms with Crippen molar-refractivity contribution in [3.05, 3.63) is 28.8 Å². The zero-order valence-corrected chi connectivity index (χ0v) is 15.2. The molecule has 120 valence electrons. The van der Waals surface area contributed by atoms with Gasteiger partial charge in [0.1, 0.15) is 5.75 Å². The molecule has 0 spiro atoms. The van der Waals surface area contributed by atoms with Crippen molar-refractivity contribution in [2.75, 3.05) is 13.2 Å². The van der Waals surface area contributed by atoms with E-state index in [1.165, 1.54) is 12.0 Å². The van der Waals surface area contributed by atoms with Crippen LogP contribution in [0.3, 0.4) is 0 Å². The number of ether oxygens (including phenoxy) is 1. The molecular weight excluding hydrogens is 282 g/mol. The van der Waals surface area contributed by atoms with E-state index >= 15 is 0 Å². The molecule has 0 aliphatic rings. The van der Waals surface area contributed by atoms with E-state index in [4.69, 9.17) is 16.3 Å². The minimum atomic E-state index is 0.0419. The Labute approximate surface area is 135 Å². The second kappa shape index (κ2) is 7.51.